The van der Waals surface area contributed by atoms with Crippen molar-refractivity contribution in [3.8, 4) is 0 Å². The van der Waals surface area contributed by atoms with Crippen molar-refractivity contribution >= 4 is 34.5 Å². The molecule has 1 aromatic heterocycles. The number of nitrogen functional groups attached to an aromatic ring is 1. The Morgan fingerprint density at radius 1 is 1.40 bits per heavy atom. The number of nitrogens with one attached hydrogen (secondary N) is 1. The SMILES string of the molecule is N=C(N)c1ccc(N(Cc2cccs2)C2CC2)cc1Cl. The number of hydrogen-bond acceptors (Lipinski definition) is 3. The monoisotopic (exact) mass is 305 g/mol. The summed E-state index contributed by atoms with van der Waals surface area (Å²) in [6.07, 6.45) is 2.47. The van der Waals surface area contributed by atoms with Crippen molar-refractivity contribution < 1.29 is 0 Å². The Morgan fingerprint density at radius 3 is 2.75 bits per heavy atom. The van der Waals surface area contributed by atoms with Gasteiger partial charge in [-0.25, -0.2) is 0 Å². The first-order chi connectivity index (χ1) is 9.65. The molecular weight excluding hydrogens is 290 g/mol. The van der Waals surface area contributed by atoms with Gasteiger partial charge in [0.1, 0.15) is 5.84 Å². The molecule has 1 saturated carbocycles. The molecule has 104 valence electrons. The molecule has 3 nitrogen and oxygen atoms in total. The van der Waals surface area contributed by atoms with Gasteiger partial charge in [0.15, 0.2) is 0 Å². The maximum atomic E-state index is 7.49. The Morgan fingerprint density at radius 2 is 2.20 bits per heavy atom. The smallest absolute Gasteiger partial charge is 0.124 e. The lowest BCUT2D eigenvalue weighted by atomic mass is 10.1. The zero-order valence-corrected chi connectivity index (χ0v) is 12.5. The summed E-state index contributed by atoms with van der Waals surface area (Å²) in [5, 5.41) is 10.1. The summed E-state index contributed by atoms with van der Waals surface area (Å²) in [6.45, 7) is 0.915. The molecular formula is C15H16ClN3S. The summed E-state index contributed by atoms with van der Waals surface area (Å²) < 4.78 is 0. The van der Waals surface area contributed by atoms with Gasteiger partial charge in [0.2, 0.25) is 0 Å². The van der Waals surface area contributed by atoms with Crippen molar-refractivity contribution in [2.24, 2.45) is 5.73 Å². The van der Waals surface area contributed by atoms with Gasteiger partial charge >= 0.3 is 0 Å². The molecule has 0 aliphatic heterocycles. The first-order valence-corrected chi connectivity index (χ1v) is 7.84. The van der Waals surface area contributed by atoms with Crippen molar-refractivity contribution in [2.75, 3.05) is 4.90 Å². The summed E-state index contributed by atoms with van der Waals surface area (Å²) in [6, 6.07) is 10.6. The predicted molar refractivity (Wildman–Crippen MR) is 86.0 cm³/mol. The van der Waals surface area contributed by atoms with Crippen LogP contribution in [0, 0.1) is 5.41 Å². The second-order valence-corrected chi connectivity index (χ2v) is 6.46. The van der Waals surface area contributed by atoms with Crippen LogP contribution in [0.25, 0.3) is 0 Å². The molecule has 3 N–H and O–H groups in total. The minimum Gasteiger partial charge on any atom is -0.384 e. The minimum atomic E-state index is 0.0118. The Kier molecular flexibility index (Phi) is 3.68. The molecule has 1 fully saturated rings. The van der Waals surface area contributed by atoms with Crippen LogP contribution in [0.2, 0.25) is 5.02 Å². The second kappa shape index (κ2) is 5.46. The fourth-order valence-corrected chi connectivity index (χ4v) is 3.27. The molecule has 5 heteroatoms. The number of halogens is 1. The maximum absolute atomic E-state index is 7.49. The van der Waals surface area contributed by atoms with E-state index < -0.39 is 0 Å². The van der Waals surface area contributed by atoms with Crippen molar-refractivity contribution in [3.63, 3.8) is 0 Å². The molecule has 1 aliphatic rings. The van der Waals surface area contributed by atoms with Crippen LogP contribution in [0.1, 0.15) is 23.3 Å². The van der Waals surface area contributed by atoms with Gasteiger partial charge in [-0.05, 0) is 42.5 Å². The normalized spacial score (nSPS) is 14.2. The molecule has 0 atom stereocenters. The summed E-state index contributed by atoms with van der Waals surface area (Å²) >= 11 is 8.01. The van der Waals surface area contributed by atoms with Crippen molar-refractivity contribution in [1.82, 2.24) is 0 Å². The Hall–Kier alpha value is -1.52. The summed E-state index contributed by atoms with van der Waals surface area (Å²) in [5.74, 6) is 0.0118. The predicted octanol–water partition coefficient (Wildman–Crippen LogP) is 3.85. The van der Waals surface area contributed by atoms with E-state index in [2.05, 4.69) is 22.4 Å². The average Bonchev–Trinajstić information content (AvgIpc) is 3.12. The fourth-order valence-electron chi connectivity index (χ4n) is 2.29. The highest BCUT2D eigenvalue weighted by Gasteiger charge is 2.29. The average molecular weight is 306 g/mol. The van der Waals surface area contributed by atoms with Crippen LogP contribution in [0.15, 0.2) is 35.7 Å². The number of hydrogen-bond donors (Lipinski definition) is 2. The molecule has 0 saturated heterocycles. The zero-order chi connectivity index (χ0) is 14.1. The van der Waals surface area contributed by atoms with E-state index in [4.69, 9.17) is 22.7 Å². The highest BCUT2D eigenvalue weighted by atomic mass is 35.5. The zero-order valence-electron chi connectivity index (χ0n) is 11.0. The lowest BCUT2D eigenvalue weighted by Crippen LogP contribution is -2.24. The number of thiophene rings is 1. The van der Waals surface area contributed by atoms with Crippen molar-refractivity contribution in [1.29, 1.82) is 5.41 Å². The summed E-state index contributed by atoms with van der Waals surface area (Å²) in [4.78, 5) is 3.74. The molecule has 1 aliphatic carbocycles. The molecule has 0 amide bonds. The van der Waals surface area contributed by atoms with Gasteiger partial charge in [-0.3, -0.25) is 5.41 Å². The molecule has 20 heavy (non-hydrogen) atoms. The van der Waals surface area contributed by atoms with E-state index in [9.17, 15) is 0 Å². The van der Waals surface area contributed by atoms with Gasteiger partial charge in [-0.2, -0.15) is 0 Å². The van der Waals surface area contributed by atoms with Gasteiger partial charge in [0, 0.05) is 22.2 Å². The third-order valence-electron chi connectivity index (χ3n) is 3.47. The van der Waals surface area contributed by atoms with Crippen LogP contribution in [0.5, 0.6) is 0 Å². The van der Waals surface area contributed by atoms with Gasteiger partial charge in [0.25, 0.3) is 0 Å². The number of rotatable bonds is 5. The Labute approximate surface area is 127 Å². The third-order valence-corrected chi connectivity index (χ3v) is 4.64. The van der Waals surface area contributed by atoms with Gasteiger partial charge in [-0.15, -0.1) is 11.3 Å². The van der Waals surface area contributed by atoms with E-state index >= 15 is 0 Å². The van der Waals surface area contributed by atoms with E-state index in [1.165, 1.54) is 17.7 Å². The van der Waals surface area contributed by atoms with Crippen LogP contribution in [0.3, 0.4) is 0 Å². The number of nitrogens with zero attached hydrogens (tertiary/aromatic N) is 1. The summed E-state index contributed by atoms with van der Waals surface area (Å²) in [7, 11) is 0. The van der Waals surface area contributed by atoms with Crippen molar-refractivity contribution in [2.45, 2.75) is 25.4 Å². The van der Waals surface area contributed by atoms with Gasteiger partial charge in [-0.1, -0.05) is 17.7 Å². The van der Waals surface area contributed by atoms with E-state index in [1.54, 1.807) is 11.3 Å². The lowest BCUT2D eigenvalue weighted by Gasteiger charge is -2.24. The molecule has 1 aromatic carbocycles. The van der Waals surface area contributed by atoms with Crippen molar-refractivity contribution in [3.05, 3.63) is 51.2 Å². The minimum absolute atomic E-state index is 0.0118. The molecule has 0 unspecified atom stereocenters. The molecule has 0 bridgehead atoms. The standard InChI is InChI=1S/C15H16ClN3S/c16-14-8-11(5-6-13(14)15(17)18)19(10-3-4-10)9-12-2-1-7-20-12/h1-2,5-8,10H,3-4,9H2,(H3,17,18). The molecule has 2 aromatic rings. The highest BCUT2D eigenvalue weighted by molar-refractivity contribution is 7.09. The molecule has 3 rings (SSSR count). The van der Waals surface area contributed by atoms with Crippen LogP contribution < -0.4 is 10.6 Å². The van der Waals surface area contributed by atoms with Crippen LogP contribution in [-0.4, -0.2) is 11.9 Å². The van der Waals surface area contributed by atoms with Crippen LogP contribution >= 0.6 is 22.9 Å². The van der Waals surface area contributed by atoms with E-state index in [1.807, 2.05) is 18.2 Å². The first kappa shape index (κ1) is 13.5. The molecule has 0 radical (unpaired) electrons. The lowest BCUT2D eigenvalue weighted by molar-refractivity contribution is 0.803. The first-order valence-electron chi connectivity index (χ1n) is 6.58. The highest BCUT2D eigenvalue weighted by Crippen LogP contribution is 2.35. The second-order valence-electron chi connectivity index (χ2n) is 5.02. The Bertz CT molecular complexity index is 620. The topological polar surface area (TPSA) is 53.1 Å². The Balaban J connectivity index is 1.88. The van der Waals surface area contributed by atoms with Crippen LogP contribution in [-0.2, 0) is 6.54 Å². The number of amidine groups is 1. The largest absolute Gasteiger partial charge is 0.384 e. The number of benzene rings is 1. The van der Waals surface area contributed by atoms with Crippen LogP contribution in [0.4, 0.5) is 5.69 Å². The van der Waals surface area contributed by atoms with E-state index in [0.717, 1.165) is 12.2 Å². The van der Waals surface area contributed by atoms with Gasteiger partial charge in [0.05, 0.1) is 11.6 Å². The third kappa shape index (κ3) is 2.81. The summed E-state index contributed by atoms with van der Waals surface area (Å²) in [5.41, 5.74) is 7.22. The maximum Gasteiger partial charge on any atom is 0.124 e. The molecule has 1 heterocycles. The number of anilines is 1. The fraction of sp³-hybridized carbons (Fsp3) is 0.267. The number of nitrogens with two attached hydrogens (primary N) is 1. The van der Waals surface area contributed by atoms with E-state index in [0.29, 0.717) is 16.6 Å². The quantitative estimate of drug-likeness (QED) is 0.651. The van der Waals surface area contributed by atoms with E-state index in [-0.39, 0.29) is 5.84 Å². The van der Waals surface area contributed by atoms with Gasteiger partial charge < -0.3 is 10.6 Å². The molecule has 0 spiro atoms.